The summed E-state index contributed by atoms with van der Waals surface area (Å²) in [7, 11) is 0. The Kier molecular flexibility index (Phi) is 1.72. The Morgan fingerprint density at radius 2 is 1.64 bits per heavy atom. The highest BCUT2D eigenvalue weighted by molar-refractivity contribution is 5.88. The van der Waals surface area contributed by atoms with Crippen molar-refractivity contribution in [2.24, 2.45) is 0 Å². The van der Waals surface area contributed by atoms with Gasteiger partial charge in [-0.1, -0.05) is 30.3 Å². The van der Waals surface area contributed by atoms with Crippen molar-refractivity contribution in [3.05, 3.63) is 42.0 Å². The lowest BCUT2D eigenvalue weighted by Gasteiger charge is -2.15. The van der Waals surface area contributed by atoms with Gasteiger partial charge in [0.2, 0.25) is 5.60 Å². The molecule has 1 nitrogen and oxygen atoms in total. The molecule has 14 heavy (non-hydrogen) atoms. The zero-order valence-corrected chi connectivity index (χ0v) is 7.05. The van der Waals surface area contributed by atoms with Crippen LogP contribution in [-0.4, -0.2) is 16.9 Å². The van der Waals surface area contributed by atoms with E-state index in [1.54, 1.807) is 18.2 Å². The average molecular weight is 200 g/mol. The first-order valence-corrected chi connectivity index (χ1v) is 4.03. The molecule has 1 aliphatic carbocycles. The number of hydrogen-bond donors (Lipinski definition) is 1. The molecule has 0 saturated heterocycles. The van der Waals surface area contributed by atoms with Gasteiger partial charge in [0.25, 0.3) is 0 Å². The molecule has 0 aliphatic heterocycles. The monoisotopic (exact) mass is 200 g/mol. The van der Waals surface area contributed by atoms with Crippen LogP contribution in [0, 0.1) is 0 Å². The van der Waals surface area contributed by atoms with Crippen molar-refractivity contribution in [1.82, 2.24) is 0 Å². The van der Waals surface area contributed by atoms with E-state index in [1.165, 1.54) is 12.1 Å². The standard InChI is InChI=1S/C10H7F3O/c11-10(12,13)9(14)6-8(9)7-4-2-1-3-5-7/h1-6,14H. The quantitative estimate of drug-likeness (QED) is 0.737. The fourth-order valence-electron chi connectivity index (χ4n) is 1.33. The lowest BCUT2D eigenvalue weighted by molar-refractivity contribution is -0.204. The second-order valence-corrected chi connectivity index (χ2v) is 3.19. The van der Waals surface area contributed by atoms with Crippen LogP contribution in [0.3, 0.4) is 0 Å². The molecule has 2 rings (SSSR count). The second-order valence-electron chi connectivity index (χ2n) is 3.19. The summed E-state index contributed by atoms with van der Waals surface area (Å²) in [6.07, 6.45) is -3.79. The van der Waals surface area contributed by atoms with Gasteiger partial charge in [0.1, 0.15) is 0 Å². The van der Waals surface area contributed by atoms with Gasteiger partial charge in [0.15, 0.2) is 0 Å². The Morgan fingerprint density at radius 3 is 2.07 bits per heavy atom. The minimum atomic E-state index is -4.61. The largest absolute Gasteiger partial charge is 0.425 e. The molecule has 0 saturated carbocycles. The van der Waals surface area contributed by atoms with Crippen molar-refractivity contribution in [2.75, 3.05) is 0 Å². The Bertz CT molecular complexity index is 380. The van der Waals surface area contributed by atoms with Crippen LogP contribution in [0.2, 0.25) is 0 Å². The summed E-state index contributed by atoms with van der Waals surface area (Å²) >= 11 is 0. The van der Waals surface area contributed by atoms with Crippen LogP contribution in [-0.2, 0) is 0 Å². The number of alkyl halides is 3. The predicted octanol–water partition coefficient (Wildman–Crippen LogP) is 2.38. The van der Waals surface area contributed by atoms with Crippen LogP contribution < -0.4 is 0 Å². The summed E-state index contributed by atoms with van der Waals surface area (Å²) in [5.74, 6) is 0. The van der Waals surface area contributed by atoms with Crippen molar-refractivity contribution in [2.45, 2.75) is 11.8 Å². The molecular weight excluding hydrogens is 193 g/mol. The highest BCUT2D eigenvalue weighted by atomic mass is 19.4. The zero-order valence-electron chi connectivity index (χ0n) is 7.05. The van der Waals surface area contributed by atoms with Crippen molar-refractivity contribution in [3.8, 4) is 0 Å². The summed E-state index contributed by atoms with van der Waals surface area (Å²) in [5, 5.41) is 9.16. The number of rotatable bonds is 1. The number of halogens is 3. The highest BCUT2D eigenvalue weighted by Crippen LogP contribution is 2.52. The first-order valence-electron chi connectivity index (χ1n) is 4.03. The molecule has 0 heterocycles. The SMILES string of the molecule is OC1(C(F)(F)F)C=C1c1ccccc1. The van der Waals surface area contributed by atoms with Crippen molar-refractivity contribution >= 4 is 5.57 Å². The highest BCUT2D eigenvalue weighted by Gasteiger charge is 2.63. The molecule has 0 bridgehead atoms. The average Bonchev–Trinajstić information content (AvgIpc) is 2.80. The van der Waals surface area contributed by atoms with Crippen LogP contribution >= 0.6 is 0 Å². The molecule has 1 unspecified atom stereocenters. The summed E-state index contributed by atoms with van der Waals surface area (Å²) < 4.78 is 36.8. The van der Waals surface area contributed by atoms with Gasteiger partial charge in [-0.2, -0.15) is 13.2 Å². The van der Waals surface area contributed by atoms with Crippen molar-refractivity contribution in [1.29, 1.82) is 0 Å². The predicted molar refractivity (Wildman–Crippen MR) is 45.4 cm³/mol. The molecule has 1 aliphatic rings. The van der Waals surface area contributed by atoms with E-state index in [1.807, 2.05) is 0 Å². The maximum Gasteiger partial charge on any atom is 0.425 e. The van der Waals surface area contributed by atoms with E-state index < -0.39 is 11.8 Å². The summed E-state index contributed by atoms with van der Waals surface area (Å²) in [6.45, 7) is 0. The van der Waals surface area contributed by atoms with Crippen LogP contribution in [0.1, 0.15) is 5.56 Å². The Morgan fingerprint density at radius 1 is 1.07 bits per heavy atom. The van der Waals surface area contributed by atoms with Gasteiger partial charge >= 0.3 is 6.18 Å². The molecule has 0 amide bonds. The Labute approximate surface area is 78.5 Å². The van der Waals surface area contributed by atoms with Crippen LogP contribution in [0.25, 0.3) is 5.57 Å². The third-order valence-corrected chi connectivity index (χ3v) is 2.20. The third-order valence-electron chi connectivity index (χ3n) is 2.20. The second kappa shape index (κ2) is 2.60. The van der Waals surface area contributed by atoms with Gasteiger partial charge in [0, 0.05) is 5.57 Å². The molecule has 1 atom stereocenters. The van der Waals surface area contributed by atoms with E-state index in [4.69, 9.17) is 5.11 Å². The molecule has 0 aromatic heterocycles. The van der Waals surface area contributed by atoms with Gasteiger partial charge in [0.05, 0.1) is 0 Å². The van der Waals surface area contributed by atoms with E-state index in [0.29, 0.717) is 5.56 Å². The molecular formula is C10H7F3O. The summed E-state index contributed by atoms with van der Waals surface area (Å²) in [6, 6.07) is 8.04. The summed E-state index contributed by atoms with van der Waals surface area (Å²) in [4.78, 5) is 0. The molecule has 0 fully saturated rings. The fourth-order valence-corrected chi connectivity index (χ4v) is 1.33. The lowest BCUT2D eigenvalue weighted by atomic mass is 10.1. The normalized spacial score (nSPS) is 25.9. The fraction of sp³-hybridized carbons (Fsp3) is 0.200. The maximum atomic E-state index is 12.3. The third kappa shape index (κ3) is 1.23. The van der Waals surface area contributed by atoms with E-state index in [-0.39, 0.29) is 5.57 Å². The topological polar surface area (TPSA) is 20.2 Å². The molecule has 0 spiro atoms. The lowest BCUT2D eigenvalue weighted by Crippen LogP contribution is -2.33. The first-order chi connectivity index (χ1) is 6.45. The Balaban J connectivity index is 2.25. The number of hydrogen-bond acceptors (Lipinski definition) is 1. The van der Waals surface area contributed by atoms with Crippen LogP contribution in [0.5, 0.6) is 0 Å². The molecule has 4 heteroatoms. The molecule has 1 N–H and O–H groups in total. The Hall–Kier alpha value is -1.29. The van der Waals surface area contributed by atoms with Crippen LogP contribution in [0.4, 0.5) is 13.2 Å². The molecule has 1 aromatic rings. The molecule has 0 radical (unpaired) electrons. The minimum absolute atomic E-state index is 0.0643. The summed E-state index contributed by atoms with van der Waals surface area (Å²) in [5.41, 5.74) is -2.35. The van der Waals surface area contributed by atoms with E-state index >= 15 is 0 Å². The minimum Gasteiger partial charge on any atom is -0.373 e. The van der Waals surface area contributed by atoms with Gasteiger partial charge in [-0.25, -0.2) is 0 Å². The van der Waals surface area contributed by atoms with Crippen molar-refractivity contribution in [3.63, 3.8) is 0 Å². The molecule has 1 aromatic carbocycles. The smallest absolute Gasteiger partial charge is 0.373 e. The number of benzene rings is 1. The first kappa shape index (κ1) is 9.27. The maximum absolute atomic E-state index is 12.3. The van der Waals surface area contributed by atoms with Crippen LogP contribution in [0.15, 0.2) is 36.4 Å². The van der Waals surface area contributed by atoms with Gasteiger partial charge < -0.3 is 5.11 Å². The van der Waals surface area contributed by atoms with E-state index in [0.717, 1.165) is 6.08 Å². The zero-order chi connectivity index (χ0) is 10.4. The molecule has 74 valence electrons. The van der Waals surface area contributed by atoms with Gasteiger partial charge in [-0.3, -0.25) is 0 Å². The van der Waals surface area contributed by atoms with Crippen molar-refractivity contribution < 1.29 is 18.3 Å². The number of aliphatic hydroxyl groups is 1. The van der Waals surface area contributed by atoms with E-state index in [2.05, 4.69) is 0 Å². The van der Waals surface area contributed by atoms with E-state index in [9.17, 15) is 13.2 Å². The van der Waals surface area contributed by atoms with Gasteiger partial charge in [-0.05, 0) is 11.6 Å². The van der Waals surface area contributed by atoms with Gasteiger partial charge in [-0.15, -0.1) is 0 Å².